The largest absolute Gasteiger partial charge is 0.361 e. The van der Waals surface area contributed by atoms with Crippen LogP contribution in [-0.4, -0.2) is 24.0 Å². The van der Waals surface area contributed by atoms with Gasteiger partial charge in [-0.1, -0.05) is 35.5 Å². The van der Waals surface area contributed by atoms with Gasteiger partial charge in [0.15, 0.2) is 0 Å². The topological polar surface area (TPSA) is 110 Å². The number of amides is 2. The molecule has 0 atom stereocenters. The second kappa shape index (κ2) is 11.0. The second-order valence-corrected chi connectivity index (χ2v) is 4.89. The molecule has 1 aliphatic rings. The van der Waals surface area contributed by atoms with Crippen molar-refractivity contribution < 1.29 is 14.1 Å². The minimum absolute atomic E-state index is 0.403. The van der Waals surface area contributed by atoms with Crippen LogP contribution in [0.15, 0.2) is 40.9 Å². The lowest BCUT2D eigenvalue weighted by molar-refractivity contribution is -0.111. The van der Waals surface area contributed by atoms with Gasteiger partial charge in [0.2, 0.25) is 12.8 Å². The first kappa shape index (κ1) is 18.4. The monoisotopic (exact) mass is 318 g/mol. The van der Waals surface area contributed by atoms with Crippen LogP contribution in [-0.2, 0) is 9.59 Å². The lowest BCUT2D eigenvalue weighted by Gasteiger charge is -2.23. The quantitative estimate of drug-likeness (QED) is 0.343. The standard InChI is InChI=1S/C10H9NO.C5H9NO.CH4N2O/c1-8-7-10(11-12-8)9-5-3-2-4-6-9;7-4-6-5-2-1-3-5;2-3-1-4/h2-7H,1H3;4-5H,1-3H2,(H,6,7);1H,2H2,(H,3,4). The molecule has 4 N–H and O–H groups in total. The molecule has 2 aromatic rings. The highest BCUT2D eigenvalue weighted by molar-refractivity contribution is 5.58. The van der Waals surface area contributed by atoms with E-state index < -0.39 is 0 Å². The van der Waals surface area contributed by atoms with E-state index in [1.807, 2.05) is 43.3 Å². The van der Waals surface area contributed by atoms with E-state index in [2.05, 4.69) is 16.3 Å². The van der Waals surface area contributed by atoms with E-state index in [-0.39, 0.29) is 0 Å². The molecule has 0 saturated heterocycles. The number of hydrogen-bond acceptors (Lipinski definition) is 5. The van der Waals surface area contributed by atoms with Crippen LogP contribution in [0.2, 0.25) is 0 Å². The SMILES string of the molecule is Cc1cc(-c2ccccc2)no1.NNC=O.O=CNC1CCC1. The van der Waals surface area contributed by atoms with Gasteiger partial charge < -0.3 is 9.84 Å². The Labute approximate surface area is 135 Å². The minimum Gasteiger partial charge on any atom is -0.361 e. The Morgan fingerprint density at radius 1 is 1.22 bits per heavy atom. The summed E-state index contributed by atoms with van der Waals surface area (Å²) in [5, 5.41) is 6.61. The van der Waals surface area contributed by atoms with Crippen molar-refractivity contribution in [1.82, 2.24) is 15.9 Å². The highest BCUT2D eigenvalue weighted by atomic mass is 16.5. The molecule has 1 aromatic heterocycles. The van der Waals surface area contributed by atoms with Crippen LogP contribution in [0.25, 0.3) is 11.3 Å². The molecule has 0 aliphatic heterocycles. The van der Waals surface area contributed by atoms with Gasteiger partial charge in [0.1, 0.15) is 11.5 Å². The predicted molar refractivity (Wildman–Crippen MR) is 86.9 cm³/mol. The highest BCUT2D eigenvalue weighted by Crippen LogP contribution is 2.17. The summed E-state index contributed by atoms with van der Waals surface area (Å²) in [4.78, 5) is 18.6. The molecule has 0 bridgehead atoms. The number of carbonyl (C=O) groups is 2. The number of nitrogens with two attached hydrogens (primary N) is 1. The van der Waals surface area contributed by atoms with Crippen molar-refractivity contribution in [3.8, 4) is 11.3 Å². The molecule has 1 aliphatic carbocycles. The van der Waals surface area contributed by atoms with E-state index in [9.17, 15) is 4.79 Å². The summed E-state index contributed by atoms with van der Waals surface area (Å²) in [6.45, 7) is 1.89. The zero-order chi connectivity index (χ0) is 16.9. The maximum absolute atomic E-state index is 9.70. The van der Waals surface area contributed by atoms with E-state index in [1.165, 1.54) is 19.3 Å². The van der Waals surface area contributed by atoms with E-state index in [0.717, 1.165) is 23.4 Å². The Kier molecular flexibility index (Phi) is 8.77. The summed E-state index contributed by atoms with van der Waals surface area (Å²) in [6, 6.07) is 12.4. The average Bonchev–Trinajstić information content (AvgIpc) is 2.99. The Morgan fingerprint density at radius 3 is 2.22 bits per heavy atom. The fraction of sp³-hybridized carbons (Fsp3) is 0.312. The minimum atomic E-state index is 0.403. The van der Waals surface area contributed by atoms with Crippen LogP contribution >= 0.6 is 0 Å². The van der Waals surface area contributed by atoms with Crippen molar-refractivity contribution >= 4 is 12.8 Å². The smallest absolute Gasteiger partial charge is 0.221 e. The molecule has 23 heavy (non-hydrogen) atoms. The van der Waals surface area contributed by atoms with Crippen LogP contribution in [0.5, 0.6) is 0 Å². The lowest BCUT2D eigenvalue weighted by atomic mass is 9.94. The van der Waals surface area contributed by atoms with Crippen molar-refractivity contribution in [2.75, 3.05) is 0 Å². The number of carbonyl (C=O) groups excluding carboxylic acids is 2. The van der Waals surface area contributed by atoms with Crippen LogP contribution in [0.4, 0.5) is 0 Å². The number of nitrogens with one attached hydrogen (secondary N) is 2. The molecular weight excluding hydrogens is 296 g/mol. The third-order valence-corrected chi connectivity index (χ3v) is 3.17. The third-order valence-electron chi connectivity index (χ3n) is 3.17. The molecule has 2 amide bonds. The normalized spacial score (nSPS) is 12.4. The van der Waals surface area contributed by atoms with Crippen molar-refractivity contribution in [1.29, 1.82) is 0 Å². The number of rotatable bonds is 4. The molecule has 7 heteroatoms. The number of hydrazine groups is 1. The summed E-state index contributed by atoms with van der Waals surface area (Å²) in [6.07, 6.45) is 4.83. The zero-order valence-electron chi connectivity index (χ0n) is 13.1. The van der Waals surface area contributed by atoms with Gasteiger partial charge in [-0.15, -0.1) is 0 Å². The number of hydrogen-bond donors (Lipinski definition) is 3. The fourth-order valence-corrected chi connectivity index (χ4v) is 1.78. The number of benzene rings is 1. The first-order valence-electron chi connectivity index (χ1n) is 7.29. The summed E-state index contributed by atoms with van der Waals surface area (Å²) in [5.74, 6) is 5.25. The first-order chi connectivity index (χ1) is 11.2. The molecule has 1 heterocycles. The summed E-state index contributed by atoms with van der Waals surface area (Å²) >= 11 is 0. The first-order valence-corrected chi connectivity index (χ1v) is 7.29. The average molecular weight is 318 g/mol. The fourth-order valence-electron chi connectivity index (χ4n) is 1.78. The van der Waals surface area contributed by atoms with Crippen LogP contribution in [0.3, 0.4) is 0 Å². The lowest BCUT2D eigenvalue weighted by Crippen LogP contribution is -2.33. The third kappa shape index (κ3) is 7.23. The van der Waals surface area contributed by atoms with Gasteiger partial charge in [0, 0.05) is 17.7 Å². The Hall–Kier alpha value is -2.67. The molecule has 0 spiro atoms. The van der Waals surface area contributed by atoms with Gasteiger partial charge in [-0.2, -0.15) is 0 Å². The molecule has 124 valence electrons. The summed E-state index contributed by atoms with van der Waals surface area (Å²) < 4.78 is 4.97. The molecule has 3 rings (SSSR count). The highest BCUT2D eigenvalue weighted by Gasteiger charge is 2.14. The van der Waals surface area contributed by atoms with E-state index >= 15 is 0 Å². The molecule has 0 radical (unpaired) electrons. The van der Waals surface area contributed by atoms with Gasteiger partial charge in [0.25, 0.3) is 0 Å². The van der Waals surface area contributed by atoms with Crippen molar-refractivity contribution in [2.45, 2.75) is 32.2 Å². The number of aryl methyl sites for hydroxylation is 1. The van der Waals surface area contributed by atoms with Gasteiger partial charge in [0.05, 0.1) is 0 Å². The zero-order valence-corrected chi connectivity index (χ0v) is 13.1. The molecular formula is C16H22N4O3. The van der Waals surface area contributed by atoms with Crippen molar-refractivity contribution in [3.05, 3.63) is 42.2 Å². The predicted octanol–water partition coefficient (Wildman–Crippen LogP) is 1.54. The molecule has 1 saturated carbocycles. The summed E-state index contributed by atoms with van der Waals surface area (Å²) in [5.41, 5.74) is 3.74. The van der Waals surface area contributed by atoms with Crippen LogP contribution < -0.4 is 16.6 Å². The Balaban J connectivity index is 0.000000204. The van der Waals surface area contributed by atoms with E-state index in [0.29, 0.717) is 12.5 Å². The van der Waals surface area contributed by atoms with Gasteiger partial charge >= 0.3 is 0 Å². The van der Waals surface area contributed by atoms with Gasteiger partial charge in [-0.3, -0.25) is 15.0 Å². The van der Waals surface area contributed by atoms with Crippen LogP contribution in [0, 0.1) is 6.92 Å². The second-order valence-electron chi connectivity index (χ2n) is 4.89. The van der Waals surface area contributed by atoms with Crippen LogP contribution in [0.1, 0.15) is 25.0 Å². The molecule has 1 fully saturated rings. The maximum Gasteiger partial charge on any atom is 0.221 e. The van der Waals surface area contributed by atoms with Gasteiger partial charge in [-0.05, 0) is 26.2 Å². The Morgan fingerprint density at radius 2 is 1.87 bits per heavy atom. The molecule has 0 unspecified atom stereocenters. The van der Waals surface area contributed by atoms with Gasteiger partial charge in [-0.25, -0.2) is 5.84 Å². The summed E-state index contributed by atoms with van der Waals surface area (Å²) in [7, 11) is 0. The van der Waals surface area contributed by atoms with E-state index in [4.69, 9.17) is 9.32 Å². The van der Waals surface area contributed by atoms with Crippen molar-refractivity contribution in [3.63, 3.8) is 0 Å². The van der Waals surface area contributed by atoms with E-state index in [1.54, 1.807) is 5.43 Å². The maximum atomic E-state index is 9.70. The number of aromatic nitrogens is 1. The molecule has 1 aromatic carbocycles. The number of nitrogens with zero attached hydrogens (tertiary/aromatic N) is 1. The molecule has 7 nitrogen and oxygen atoms in total. The Bertz CT molecular complexity index is 568. The van der Waals surface area contributed by atoms with Crippen molar-refractivity contribution in [2.24, 2.45) is 5.84 Å².